The van der Waals surface area contributed by atoms with Gasteiger partial charge in [-0.3, -0.25) is 9.59 Å². The van der Waals surface area contributed by atoms with E-state index in [0.717, 1.165) is 11.3 Å². The van der Waals surface area contributed by atoms with E-state index in [1.165, 1.54) is 0 Å². The molecule has 0 bridgehead atoms. The lowest BCUT2D eigenvalue weighted by atomic mass is 9.86. The highest BCUT2D eigenvalue weighted by Crippen LogP contribution is 2.41. The van der Waals surface area contributed by atoms with Crippen molar-refractivity contribution in [3.8, 4) is 17.2 Å². The van der Waals surface area contributed by atoms with Crippen molar-refractivity contribution in [3.63, 3.8) is 0 Å². The zero-order valence-electron chi connectivity index (χ0n) is 14.1. The molecule has 0 radical (unpaired) electrons. The van der Waals surface area contributed by atoms with Crippen molar-refractivity contribution in [3.05, 3.63) is 51.4 Å². The van der Waals surface area contributed by atoms with Gasteiger partial charge in [0.25, 0.3) is 5.56 Å². The first-order chi connectivity index (χ1) is 11.5. The molecule has 0 amide bonds. The first-order valence-electron chi connectivity index (χ1n) is 7.59. The summed E-state index contributed by atoms with van der Waals surface area (Å²) in [5.41, 5.74) is 1.80. The fourth-order valence-electron chi connectivity index (χ4n) is 3.02. The number of pyridine rings is 1. The maximum Gasteiger partial charge on any atom is 0.312 e. The monoisotopic (exact) mass is 329 g/mol. The topological polar surface area (TPSA) is 66.8 Å². The highest BCUT2D eigenvalue weighted by molar-refractivity contribution is 5.78. The fraction of sp³-hybridized carbons (Fsp3) is 0.333. The van der Waals surface area contributed by atoms with E-state index in [1.54, 1.807) is 51.0 Å². The van der Waals surface area contributed by atoms with Crippen LogP contribution in [0.2, 0.25) is 0 Å². The van der Waals surface area contributed by atoms with Crippen LogP contribution in [-0.2, 0) is 11.8 Å². The maximum atomic E-state index is 12.8. The van der Waals surface area contributed by atoms with Crippen molar-refractivity contribution in [2.75, 3.05) is 14.2 Å². The van der Waals surface area contributed by atoms with Crippen LogP contribution in [0.25, 0.3) is 0 Å². The van der Waals surface area contributed by atoms with Crippen LogP contribution in [0.1, 0.15) is 29.2 Å². The molecule has 0 spiro atoms. The number of hydrogen-bond acceptors (Lipinski definition) is 5. The van der Waals surface area contributed by atoms with Gasteiger partial charge in [-0.25, -0.2) is 0 Å². The normalized spacial score (nSPS) is 16.3. The van der Waals surface area contributed by atoms with Crippen LogP contribution < -0.4 is 19.8 Å². The number of rotatable bonds is 3. The SMILES string of the molecule is COc1ccc([C@H]2CC(=O)Oc3cc(C)n(C)c(=O)c32)c(OC)c1. The van der Waals surface area contributed by atoms with Gasteiger partial charge >= 0.3 is 5.97 Å². The third-order valence-corrected chi connectivity index (χ3v) is 4.43. The molecule has 1 aliphatic rings. The second-order valence-corrected chi connectivity index (χ2v) is 5.77. The Morgan fingerprint density at radius 3 is 2.58 bits per heavy atom. The van der Waals surface area contributed by atoms with Gasteiger partial charge in [-0.15, -0.1) is 0 Å². The Hall–Kier alpha value is -2.76. The number of aryl methyl sites for hydroxylation is 1. The lowest BCUT2D eigenvalue weighted by Gasteiger charge is -2.26. The lowest BCUT2D eigenvalue weighted by Crippen LogP contribution is -2.32. The van der Waals surface area contributed by atoms with Crippen molar-refractivity contribution >= 4 is 5.97 Å². The van der Waals surface area contributed by atoms with E-state index in [-0.39, 0.29) is 17.9 Å². The molecule has 1 aliphatic heterocycles. The number of carbonyl (C=O) groups is 1. The minimum atomic E-state index is -0.415. The van der Waals surface area contributed by atoms with E-state index in [2.05, 4.69) is 0 Å². The zero-order chi connectivity index (χ0) is 17.4. The number of esters is 1. The van der Waals surface area contributed by atoms with Gasteiger partial charge in [0.15, 0.2) is 0 Å². The average Bonchev–Trinajstić information content (AvgIpc) is 2.58. The molecular weight excluding hydrogens is 310 g/mol. The number of nitrogens with zero attached hydrogens (tertiary/aromatic N) is 1. The molecule has 0 N–H and O–H groups in total. The number of benzene rings is 1. The largest absolute Gasteiger partial charge is 0.497 e. The predicted molar refractivity (Wildman–Crippen MR) is 88.1 cm³/mol. The van der Waals surface area contributed by atoms with Gasteiger partial charge < -0.3 is 18.8 Å². The van der Waals surface area contributed by atoms with E-state index < -0.39 is 5.92 Å². The summed E-state index contributed by atoms with van der Waals surface area (Å²) >= 11 is 0. The number of hydrogen-bond donors (Lipinski definition) is 0. The molecule has 0 saturated carbocycles. The lowest BCUT2D eigenvalue weighted by molar-refractivity contribution is -0.135. The van der Waals surface area contributed by atoms with Gasteiger partial charge in [-0.05, 0) is 13.0 Å². The van der Waals surface area contributed by atoms with Gasteiger partial charge in [0.2, 0.25) is 0 Å². The van der Waals surface area contributed by atoms with Crippen LogP contribution in [0.4, 0.5) is 0 Å². The van der Waals surface area contributed by atoms with Crippen LogP contribution in [0, 0.1) is 6.92 Å². The number of carbonyl (C=O) groups excluding carboxylic acids is 1. The van der Waals surface area contributed by atoms with Crippen LogP contribution in [0.15, 0.2) is 29.1 Å². The number of aromatic nitrogens is 1. The Labute approximate surface area is 139 Å². The standard InChI is InChI=1S/C18H19NO5/c1-10-7-15-17(18(21)19(10)2)13(9-16(20)24-15)12-6-5-11(22-3)8-14(12)23-4/h5-8,13H,9H2,1-4H3/t13-/m1/s1. The third kappa shape index (κ3) is 2.54. The molecule has 3 rings (SSSR count). The molecular formula is C18H19NO5. The molecule has 1 aromatic heterocycles. The first-order valence-corrected chi connectivity index (χ1v) is 7.59. The highest BCUT2D eigenvalue weighted by atomic mass is 16.5. The van der Waals surface area contributed by atoms with Crippen LogP contribution in [0.5, 0.6) is 17.2 Å². The molecule has 0 unspecified atom stereocenters. The van der Waals surface area contributed by atoms with Crippen molar-refractivity contribution in [1.82, 2.24) is 4.57 Å². The van der Waals surface area contributed by atoms with Crippen molar-refractivity contribution in [2.45, 2.75) is 19.3 Å². The first kappa shape index (κ1) is 16.1. The number of methoxy groups -OCH3 is 2. The molecule has 6 nitrogen and oxygen atoms in total. The Kier molecular flexibility index (Phi) is 4.05. The van der Waals surface area contributed by atoms with Crippen LogP contribution in [0.3, 0.4) is 0 Å². The zero-order valence-corrected chi connectivity index (χ0v) is 14.1. The molecule has 0 aliphatic carbocycles. The van der Waals surface area contributed by atoms with Gasteiger partial charge in [0, 0.05) is 36.4 Å². The predicted octanol–water partition coefficient (Wildman–Crippen LogP) is 2.15. The van der Waals surface area contributed by atoms with Crippen molar-refractivity contribution < 1.29 is 19.0 Å². The van der Waals surface area contributed by atoms with E-state index in [9.17, 15) is 9.59 Å². The number of fused-ring (bicyclic) bond motifs is 1. The maximum absolute atomic E-state index is 12.8. The van der Waals surface area contributed by atoms with Gasteiger partial charge in [0.05, 0.1) is 26.2 Å². The Morgan fingerprint density at radius 2 is 1.92 bits per heavy atom. The number of ether oxygens (including phenoxy) is 3. The molecule has 0 saturated heterocycles. The van der Waals surface area contributed by atoms with Crippen molar-refractivity contribution in [2.24, 2.45) is 7.05 Å². The summed E-state index contributed by atoms with van der Waals surface area (Å²) in [6.07, 6.45) is 0.0913. The Morgan fingerprint density at radius 1 is 1.17 bits per heavy atom. The van der Waals surface area contributed by atoms with E-state index in [4.69, 9.17) is 14.2 Å². The molecule has 6 heteroatoms. The van der Waals surface area contributed by atoms with E-state index in [0.29, 0.717) is 22.8 Å². The van der Waals surface area contributed by atoms with Crippen LogP contribution in [-0.4, -0.2) is 24.8 Å². The molecule has 1 atom stereocenters. The average molecular weight is 329 g/mol. The Balaban J connectivity index is 2.23. The fourth-order valence-corrected chi connectivity index (χ4v) is 3.02. The minimum Gasteiger partial charge on any atom is -0.497 e. The summed E-state index contributed by atoms with van der Waals surface area (Å²) in [4.78, 5) is 24.8. The second kappa shape index (κ2) is 6.03. The summed E-state index contributed by atoms with van der Waals surface area (Å²) in [6.45, 7) is 1.80. The second-order valence-electron chi connectivity index (χ2n) is 5.77. The quantitative estimate of drug-likeness (QED) is 0.807. The molecule has 2 heterocycles. The summed E-state index contributed by atoms with van der Waals surface area (Å²) < 4.78 is 17.5. The minimum absolute atomic E-state index is 0.0913. The Bertz CT molecular complexity index is 868. The van der Waals surface area contributed by atoms with Crippen LogP contribution >= 0.6 is 0 Å². The van der Waals surface area contributed by atoms with Gasteiger partial charge in [-0.1, -0.05) is 6.07 Å². The van der Waals surface area contributed by atoms with Crippen molar-refractivity contribution in [1.29, 1.82) is 0 Å². The molecule has 24 heavy (non-hydrogen) atoms. The van der Waals surface area contributed by atoms with E-state index >= 15 is 0 Å². The molecule has 1 aromatic carbocycles. The summed E-state index contributed by atoms with van der Waals surface area (Å²) in [5, 5.41) is 0. The molecule has 2 aromatic rings. The van der Waals surface area contributed by atoms with E-state index in [1.807, 2.05) is 6.07 Å². The third-order valence-electron chi connectivity index (χ3n) is 4.43. The molecule has 126 valence electrons. The summed E-state index contributed by atoms with van der Waals surface area (Å²) in [6, 6.07) is 7.07. The summed E-state index contributed by atoms with van der Waals surface area (Å²) in [5.74, 6) is 0.766. The highest BCUT2D eigenvalue weighted by Gasteiger charge is 2.33. The summed E-state index contributed by atoms with van der Waals surface area (Å²) in [7, 11) is 4.82. The smallest absolute Gasteiger partial charge is 0.312 e. The van der Waals surface area contributed by atoms with Gasteiger partial charge in [0.1, 0.15) is 17.2 Å². The van der Waals surface area contributed by atoms with Gasteiger partial charge in [-0.2, -0.15) is 0 Å². The molecule has 0 fully saturated rings.